The molecule has 0 aliphatic rings. The molecule has 0 saturated heterocycles. The van der Waals surface area contributed by atoms with Crippen molar-refractivity contribution in [2.45, 2.75) is 26.8 Å². The van der Waals surface area contributed by atoms with Gasteiger partial charge in [0.1, 0.15) is 5.82 Å². The van der Waals surface area contributed by atoms with E-state index >= 15 is 0 Å². The monoisotopic (exact) mass is 209 g/mol. The van der Waals surface area contributed by atoms with Crippen molar-refractivity contribution in [1.29, 1.82) is 0 Å². The van der Waals surface area contributed by atoms with Gasteiger partial charge in [-0.05, 0) is 32.4 Å². The van der Waals surface area contributed by atoms with Gasteiger partial charge < -0.3 is 15.8 Å². The summed E-state index contributed by atoms with van der Waals surface area (Å²) < 4.78 is 5.30. The van der Waals surface area contributed by atoms with E-state index in [0.717, 1.165) is 18.0 Å². The fraction of sp³-hybridized carbons (Fsp3) is 0.545. The summed E-state index contributed by atoms with van der Waals surface area (Å²) >= 11 is 0. The summed E-state index contributed by atoms with van der Waals surface area (Å²) in [5, 5.41) is 3.21. The summed E-state index contributed by atoms with van der Waals surface area (Å²) in [6.07, 6.45) is 1.80. The Morgan fingerprint density at radius 3 is 2.93 bits per heavy atom. The average molecular weight is 209 g/mol. The third kappa shape index (κ3) is 3.75. The van der Waals surface area contributed by atoms with E-state index in [-0.39, 0.29) is 6.04 Å². The Bertz CT molecular complexity index is 315. The van der Waals surface area contributed by atoms with Crippen molar-refractivity contribution in [2.75, 3.05) is 24.3 Å². The molecule has 1 aromatic heterocycles. The summed E-state index contributed by atoms with van der Waals surface area (Å²) in [6.45, 7) is 7.37. The lowest BCUT2D eigenvalue weighted by Gasteiger charge is -2.15. The molecule has 1 heterocycles. The molecule has 4 heteroatoms. The number of rotatable bonds is 5. The van der Waals surface area contributed by atoms with E-state index < -0.39 is 0 Å². The molecule has 0 aromatic carbocycles. The lowest BCUT2D eigenvalue weighted by atomic mass is 10.2. The predicted molar refractivity (Wildman–Crippen MR) is 63.0 cm³/mol. The second-order valence-electron chi connectivity index (χ2n) is 3.66. The molecule has 1 unspecified atom stereocenters. The van der Waals surface area contributed by atoms with Crippen LogP contribution in [0, 0.1) is 6.92 Å². The Labute approximate surface area is 90.8 Å². The summed E-state index contributed by atoms with van der Waals surface area (Å²) in [6, 6.07) is 2.12. The number of nitrogens with one attached hydrogen (secondary N) is 1. The van der Waals surface area contributed by atoms with E-state index in [0.29, 0.717) is 12.3 Å². The van der Waals surface area contributed by atoms with Crippen molar-refractivity contribution in [3.8, 4) is 0 Å². The maximum Gasteiger partial charge on any atom is 0.149 e. The number of hydrogen-bond acceptors (Lipinski definition) is 4. The van der Waals surface area contributed by atoms with Gasteiger partial charge in [0.2, 0.25) is 0 Å². The zero-order valence-corrected chi connectivity index (χ0v) is 9.58. The minimum Gasteiger partial charge on any atom is -0.396 e. The molecular formula is C11H19N3O. The molecule has 0 saturated carbocycles. The normalized spacial score (nSPS) is 12.5. The van der Waals surface area contributed by atoms with Crippen molar-refractivity contribution in [3.63, 3.8) is 0 Å². The van der Waals surface area contributed by atoms with Crippen LogP contribution in [-0.2, 0) is 4.74 Å². The van der Waals surface area contributed by atoms with E-state index in [1.54, 1.807) is 6.20 Å². The quantitative estimate of drug-likeness (QED) is 0.776. The molecule has 0 amide bonds. The molecule has 4 nitrogen and oxygen atoms in total. The minimum atomic E-state index is 0.211. The molecule has 0 aliphatic carbocycles. The molecule has 1 rings (SSSR count). The van der Waals surface area contributed by atoms with Crippen LogP contribution in [0.3, 0.4) is 0 Å². The number of anilines is 2. The van der Waals surface area contributed by atoms with Crippen LogP contribution >= 0.6 is 0 Å². The van der Waals surface area contributed by atoms with Crippen LogP contribution in [-0.4, -0.2) is 24.2 Å². The van der Waals surface area contributed by atoms with Gasteiger partial charge in [0.05, 0.1) is 12.3 Å². The highest BCUT2D eigenvalue weighted by atomic mass is 16.5. The first-order valence-electron chi connectivity index (χ1n) is 5.20. The van der Waals surface area contributed by atoms with E-state index in [2.05, 4.69) is 10.3 Å². The summed E-state index contributed by atoms with van der Waals surface area (Å²) in [5.41, 5.74) is 7.58. The molecule has 1 atom stereocenters. The molecule has 15 heavy (non-hydrogen) atoms. The Kier molecular flexibility index (Phi) is 4.37. The van der Waals surface area contributed by atoms with Crippen molar-refractivity contribution < 1.29 is 4.74 Å². The predicted octanol–water partition coefficient (Wildman–Crippen LogP) is 1.81. The first kappa shape index (κ1) is 11.8. The fourth-order valence-electron chi connectivity index (χ4n) is 1.28. The highest BCUT2D eigenvalue weighted by Gasteiger charge is 2.05. The molecule has 84 valence electrons. The van der Waals surface area contributed by atoms with Gasteiger partial charge in [0.25, 0.3) is 0 Å². The van der Waals surface area contributed by atoms with Crippen LogP contribution in [0.1, 0.15) is 19.4 Å². The largest absolute Gasteiger partial charge is 0.396 e. The number of pyridine rings is 1. The van der Waals surface area contributed by atoms with Gasteiger partial charge in [0, 0.05) is 18.8 Å². The Morgan fingerprint density at radius 1 is 1.60 bits per heavy atom. The lowest BCUT2D eigenvalue weighted by molar-refractivity contribution is 0.141. The van der Waals surface area contributed by atoms with E-state index in [9.17, 15) is 0 Å². The Balaban J connectivity index is 2.56. The molecule has 0 radical (unpaired) electrons. The number of nitrogen functional groups attached to an aromatic ring is 1. The third-order valence-electron chi connectivity index (χ3n) is 2.01. The summed E-state index contributed by atoms with van der Waals surface area (Å²) in [7, 11) is 0. The van der Waals surface area contributed by atoms with Gasteiger partial charge in [-0.3, -0.25) is 0 Å². The van der Waals surface area contributed by atoms with Gasteiger partial charge in [-0.1, -0.05) is 0 Å². The molecule has 0 spiro atoms. The Morgan fingerprint density at radius 2 is 2.33 bits per heavy atom. The smallest absolute Gasteiger partial charge is 0.149 e. The standard InChI is InChI=1S/C11H19N3O/c1-4-15-7-9(3)14-11-10(12)5-8(2)6-13-11/h5-6,9H,4,7,12H2,1-3H3,(H,13,14). The molecule has 0 fully saturated rings. The van der Waals surface area contributed by atoms with Crippen LogP contribution in [0.5, 0.6) is 0 Å². The SMILES string of the molecule is CCOCC(C)Nc1ncc(C)cc1N. The van der Waals surface area contributed by atoms with Crippen molar-refractivity contribution in [2.24, 2.45) is 0 Å². The maximum atomic E-state index is 5.83. The van der Waals surface area contributed by atoms with Crippen molar-refractivity contribution in [3.05, 3.63) is 17.8 Å². The van der Waals surface area contributed by atoms with Crippen LogP contribution < -0.4 is 11.1 Å². The third-order valence-corrected chi connectivity index (χ3v) is 2.01. The summed E-state index contributed by atoms with van der Waals surface area (Å²) in [4.78, 5) is 4.23. The molecule has 1 aromatic rings. The average Bonchev–Trinajstić information content (AvgIpc) is 2.19. The molecule has 0 aliphatic heterocycles. The molecular weight excluding hydrogens is 190 g/mol. The first-order valence-corrected chi connectivity index (χ1v) is 5.20. The zero-order valence-electron chi connectivity index (χ0n) is 9.58. The van der Waals surface area contributed by atoms with E-state index in [1.165, 1.54) is 0 Å². The van der Waals surface area contributed by atoms with Gasteiger partial charge in [0.15, 0.2) is 0 Å². The van der Waals surface area contributed by atoms with Crippen LogP contribution in [0.2, 0.25) is 0 Å². The fourth-order valence-corrected chi connectivity index (χ4v) is 1.28. The molecule has 3 N–H and O–H groups in total. The number of aryl methyl sites for hydroxylation is 1. The topological polar surface area (TPSA) is 60.2 Å². The number of hydrogen-bond donors (Lipinski definition) is 2. The Hall–Kier alpha value is -1.29. The second kappa shape index (κ2) is 5.56. The van der Waals surface area contributed by atoms with Crippen LogP contribution in [0.4, 0.5) is 11.5 Å². The van der Waals surface area contributed by atoms with Gasteiger partial charge in [-0.15, -0.1) is 0 Å². The van der Waals surface area contributed by atoms with Crippen LogP contribution in [0.15, 0.2) is 12.3 Å². The lowest BCUT2D eigenvalue weighted by Crippen LogP contribution is -2.23. The number of nitrogens with zero attached hydrogens (tertiary/aromatic N) is 1. The van der Waals surface area contributed by atoms with E-state index in [1.807, 2.05) is 26.8 Å². The highest BCUT2D eigenvalue weighted by molar-refractivity contribution is 5.61. The van der Waals surface area contributed by atoms with Gasteiger partial charge in [-0.25, -0.2) is 4.98 Å². The zero-order chi connectivity index (χ0) is 11.3. The van der Waals surface area contributed by atoms with Gasteiger partial charge >= 0.3 is 0 Å². The van der Waals surface area contributed by atoms with E-state index in [4.69, 9.17) is 10.5 Å². The maximum absolute atomic E-state index is 5.83. The minimum absolute atomic E-state index is 0.211. The number of nitrogens with two attached hydrogens (primary N) is 1. The van der Waals surface area contributed by atoms with Crippen molar-refractivity contribution >= 4 is 11.5 Å². The van der Waals surface area contributed by atoms with Gasteiger partial charge in [-0.2, -0.15) is 0 Å². The van der Waals surface area contributed by atoms with Crippen LogP contribution in [0.25, 0.3) is 0 Å². The summed E-state index contributed by atoms with van der Waals surface area (Å²) in [5.74, 6) is 0.729. The molecule has 0 bridgehead atoms. The second-order valence-corrected chi connectivity index (χ2v) is 3.66. The van der Waals surface area contributed by atoms with Crippen molar-refractivity contribution in [1.82, 2.24) is 4.98 Å². The number of aromatic nitrogens is 1. The number of ether oxygens (including phenoxy) is 1. The first-order chi connectivity index (χ1) is 7.13. The highest BCUT2D eigenvalue weighted by Crippen LogP contribution is 2.16.